The standard InChI is InChI=1S/C32H37N7O7/c33-29(43)32(45,22-12-5-2-6-13-22)24-15-8-7-14-23(24)28(42)25(16-9-17-36-30(34)35)39-27(41)19-37-26(40)18-38-31(44)46-20-21-10-3-1-4-11-21/h1-8,10-15,25,45H,9,16-20H2,(H2,33,43)(H,37,40)(H,38,44)(H,39,41)(H4,34,35,36)/t25-,32?/m0/s1. The number of hydrogen-bond acceptors (Lipinski definition) is 8. The number of ether oxygens (including phenoxy) is 1. The SMILES string of the molecule is NC(=O)C(O)(c1ccccc1)c1ccccc1C(=O)[C@H](CCCN=C(N)N)NC(=O)CNC(=O)CNC(=O)OCc1ccccc1. The van der Waals surface area contributed by atoms with Crippen LogP contribution in [-0.4, -0.2) is 66.3 Å². The number of nitrogens with two attached hydrogens (primary N) is 3. The van der Waals surface area contributed by atoms with Gasteiger partial charge in [-0.2, -0.15) is 0 Å². The Morgan fingerprint density at radius 1 is 0.804 bits per heavy atom. The summed E-state index contributed by atoms with van der Waals surface area (Å²) >= 11 is 0. The van der Waals surface area contributed by atoms with E-state index in [2.05, 4.69) is 20.9 Å². The third kappa shape index (κ3) is 9.89. The molecule has 0 saturated heterocycles. The smallest absolute Gasteiger partial charge is 0.407 e. The Bertz CT molecular complexity index is 1550. The average Bonchev–Trinajstić information content (AvgIpc) is 3.06. The molecule has 14 nitrogen and oxygen atoms in total. The third-order valence-corrected chi connectivity index (χ3v) is 6.78. The lowest BCUT2D eigenvalue weighted by Gasteiger charge is -2.29. The Kier molecular flexibility index (Phi) is 12.8. The Morgan fingerprint density at radius 2 is 1.41 bits per heavy atom. The van der Waals surface area contributed by atoms with Crippen molar-refractivity contribution in [3.8, 4) is 0 Å². The second-order valence-electron chi connectivity index (χ2n) is 10.1. The maximum absolute atomic E-state index is 13.9. The predicted octanol–water partition coefficient (Wildman–Crippen LogP) is 0.172. The van der Waals surface area contributed by atoms with Crippen molar-refractivity contribution in [3.63, 3.8) is 0 Å². The first-order chi connectivity index (χ1) is 22.0. The van der Waals surface area contributed by atoms with E-state index < -0.39 is 54.3 Å². The van der Waals surface area contributed by atoms with Crippen LogP contribution in [0.3, 0.4) is 0 Å². The van der Waals surface area contributed by atoms with Gasteiger partial charge in [0, 0.05) is 17.7 Å². The van der Waals surface area contributed by atoms with Crippen LogP contribution in [0.15, 0.2) is 89.9 Å². The summed E-state index contributed by atoms with van der Waals surface area (Å²) in [6.07, 6.45) is -0.477. The zero-order valence-electron chi connectivity index (χ0n) is 25.0. The molecule has 3 rings (SSSR count). The van der Waals surface area contributed by atoms with Gasteiger partial charge in [-0.15, -0.1) is 0 Å². The number of carbonyl (C=O) groups excluding carboxylic acids is 5. The third-order valence-electron chi connectivity index (χ3n) is 6.78. The molecule has 0 aliphatic heterocycles. The van der Waals surface area contributed by atoms with E-state index in [9.17, 15) is 29.1 Å². The van der Waals surface area contributed by atoms with Crippen molar-refractivity contribution in [1.82, 2.24) is 16.0 Å². The van der Waals surface area contributed by atoms with Crippen molar-refractivity contribution in [2.45, 2.75) is 31.1 Å². The van der Waals surface area contributed by atoms with E-state index in [0.29, 0.717) is 0 Å². The molecule has 3 aromatic rings. The highest BCUT2D eigenvalue weighted by Crippen LogP contribution is 2.32. The second-order valence-corrected chi connectivity index (χ2v) is 10.1. The molecule has 14 heteroatoms. The maximum atomic E-state index is 13.9. The molecule has 4 amide bonds. The van der Waals surface area contributed by atoms with Gasteiger partial charge in [-0.3, -0.25) is 24.2 Å². The van der Waals surface area contributed by atoms with Crippen LogP contribution in [0, 0.1) is 0 Å². The molecule has 0 aromatic heterocycles. The first kappa shape index (κ1) is 34.7. The lowest BCUT2D eigenvalue weighted by molar-refractivity contribution is -0.133. The molecule has 0 spiro atoms. The first-order valence-electron chi connectivity index (χ1n) is 14.3. The number of rotatable bonds is 16. The van der Waals surface area contributed by atoms with E-state index >= 15 is 0 Å². The van der Waals surface area contributed by atoms with Gasteiger partial charge in [0.25, 0.3) is 5.91 Å². The van der Waals surface area contributed by atoms with E-state index in [0.717, 1.165) is 5.56 Å². The van der Waals surface area contributed by atoms with Gasteiger partial charge < -0.3 is 43.0 Å². The number of aliphatic imine (C=N–C) groups is 1. The number of benzene rings is 3. The Balaban J connectivity index is 1.69. The van der Waals surface area contributed by atoms with Gasteiger partial charge in [0.05, 0.1) is 12.6 Å². The van der Waals surface area contributed by atoms with Gasteiger partial charge >= 0.3 is 6.09 Å². The number of primary amides is 1. The summed E-state index contributed by atoms with van der Waals surface area (Å²) in [4.78, 5) is 67.5. The predicted molar refractivity (Wildman–Crippen MR) is 169 cm³/mol. The van der Waals surface area contributed by atoms with Crippen molar-refractivity contribution < 1.29 is 33.8 Å². The van der Waals surface area contributed by atoms with E-state index in [1.165, 1.54) is 30.3 Å². The molecule has 3 aromatic carbocycles. The number of ketones is 1. The molecule has 0 heterocycles. The summed E-state index contributed by atoms with van der Waals surface area (Å²) in [5, 5.41) is 18.8. The average molecular weight is 632 g/mol. The van der Waals surface area contributed by atoms with Crippen molar-refractivity contribution in [2.24, 2.45) is 22.2 Å². The van der Waals surface area contributed by atoms with Gasteiger partial charge in [-0.05, 0) is 24.0 Å². The molecule has 0 fully saturated rings. The van der Waals surface area contributed by atoms with Gasteiger partial charge in [0.15, 0.2) is 17.3 Å². The number of Topliss-reactive ketones (excluding diaryl/α,β-unsaturated/α-hetero) is 1. The fraction of sp³-hybridized carbons (Fsp3) is 0.250. The number of nitrogens with zero attached hydrogens (tertiary/aromatic N) is 1. The highest BCUT2D eigenvalue weighted by Gasteiger charge is 2.41. The quantitative estimate of drug-likeness (QED) is 0.0492. The molecular formula is C32H37N7O7. The minimum atomic E-state index is -2.36. The fourth-order valence-corrected chi connectivity index (χ4v) is 4.50. The second kappa shape index (κ2) is 16.9. The number of aliphatic hydroxyl groups is 1. The van der Waals surface area contributed by atoms with Crippen LogP contribution in [0.2, 0.25) is 0 Å². The summed E-state index contributed by atoms with van der Waals surface area (Å²) < 4.78 is 5.04. The van der Waals surface area contributed by atoms with E-state index in [-0.39, 0.29) is 48.6 Å². The normalized spacial score (nSPS) is 12.5. The molecule has 0 radical (unpaired) electrons. The Hall–Kier alpha value is -5.76. The van der Waals surface area contributed by atoms with Crippen LogP contribution in [-0.2, 0) is 31.3 Å². The highest BCUT2D eigenvalue weighted by molar-refractivity contribution is 6.05. The maximum Gasteiger partial charge on any atom is 0.407 e. The molecule has 0 saturated carbocycles. The van der Waals surface area contributed by atoms with Gasteiger partial charge in [0.2, 0.25) is 11.8 Å². The number of amides is 4. The molecule has 1 unspecified atom stereocenters. The summed E-state index contributed by atoms with van der Waals surface area (Å²) in [5.74, 6) is -3.27. The minimum Gasteiger partial charge on any atom is -0.445 e. The van der Waals surface area contributed by atoms with Crippen molar-refractivity contribution in [3.05, 3.63) is 107 Å². The lowest BCUT2D eigenvalue weighted by Crippen LogP contribution is -2.48. The van der Waals surface area contributed by atoms with E-state index in [1.807, 2.05) is 6.07 Å². The van der Waals surface area contributed by atoms with Crippen LogP contribution >= 0.6 is 0 Å². The number of nitrogens with one attached hydrogen (secondary N) is 3. The van der Waals surface area contributed by atoms with Crippen LogP contribution in [0.4, 0.5) is 4.79 Å². The Labute approximate surface area is 265 Å². The lowest BCUT2D eigenvalue weighted by atomic mass is 9.81. The molecule has 10 N–H and O–H groups in total. The molecular weight excluding hydrogens is 594 g/mol. The molecule has 242 valence electrons. The molecule has 0 aliphatic carbocycles. The summed E-state index contributed by atoms with van der Waals surface area (Å²) in [5.41, 5.74) is 14.9. The van der Waals surface area contributed by atoms with Gasteiger partial charge in [0.1, 0.15) is 13.2 Å². The highest BCUT2D eigenvalue weighted by atomic mass is 16.5. The van der Waals surface area contributed by atoms with Crippen LogP contribution < -0.4 is 33.2 Å². The Morgan fingerprint density at radius 3 is 2.07 bits per heavy atom. The fourth-order valence-electron chi connectivity index (χ4n) is 4.50. The molecule has 0 bridgehead atoms. The molecule has 2 atom stereocenters. The first-order valence-corrected chi connectivity index (χ1v) is 14.3. The summed E-state index contributed by atoms with van der Waals surface area (Å²) in [7, 11) is 0. The monoisotopic (exact) mass is 631 g/mol. The zero-order chi connectivity index (χ0) is 33.5. The largest absolute Gasteiger partial charge is 0.445 e. The molecule has 46 heavy (non-hydrogen) atoms. The van der Waals surface area contributed by atoms with Gasteiger partial charge in [-0.1, -0.05) is 84.9 Å². The van der Waals surface area contributed by atoms with Crippen molar-refractivity contribution in [1.29, 1.82) is 0 Å². The number of guanidine groups is 1. The van der Waals surface area contributed by atoms with Crippen molar-refractivity contribution in [2.75, 3.05) is 19.6 Å². The zero-order valence-corrected chi connectivity index (χ0v) is 25.0. The number of hydrogen-bond donors (Lipinski definition) is 7. The van der Waals surface area contributed by atoms with Crippen LogP contribution in [0.5, 0.6) is 0 Å². The van der Waals surface area contributed by atoms with Gasteiger partial charge in [-0.25, -0.2) is 4.79 Å². The van der Waals surface area contributed by atoms with Crippen molar-refractivity contribution >= 4 is 35.6 Å². The van der Waals surface area contributed by atoms with Crippen LogP contribution in [0.25, 0.3) is 0 Å². The number of alkyl carbamates (subject to hydrolysis) is 1. The summed E-state index contributed by atoms with van der Waals surface area (Å²) in [6, 6.07) is 21.6. The number of carbonyl (C=O) groups is 5. The molecule has 0 aliphatic rings. The summed E-state index contributed by atoms with van der Waals surface area (Å²) in [6.45, 7) is -0.809. The van der Waals surface area contributed by atoms with Crippen LogP contribution in [0.1, 0.15) is 39.9 Å². The van der Waals surface area contributed by atoms with E-state index in [4.69, 9.17) is 21.9 Å². The van der Waals surface area contributed by atoms with E-state index in [1.54, 1.807) is 48.5 Å². The minimum absolute atomic E-state index is 0.0145. The topological polar surface area (TPSA) is 241 Å².